The number of nitriles is 1. The Balaban J connectivity index is 2.15. The number of rotatable bonds is 10. The Hall–Kier alpha value is -0.590. The number of nitrogens with zero attached hydrogens (tertiary/aromatic N) is 1. The van der Waals surface area contributed by atoms with E-state index < -0.39 is 0 Å². The van der Waals surface area contributed by atoms with Crippen LogP contribution in [-0.4, -0.2) is 25.3 Å². The zero-order valence-corrected chi connectivity index (χ0v) is 13.4. The normalized spacial score (nSPS) is 19.4. The summed E-state index contributed by atoms with van der Waals surface area (Å²) in [6.07, 6.45) is 10.7. The number of ether oxygens (including phenoxy) is 1. The Morgan fingerprint density at radius 3 is 2.60 bits per heavy atom. The van der Waals surface area contributed by atoms with Crippen molar-refractivity contribution >= 4 is 0 Å². The van der Waals surface area contributed by atoms with E-state index in [2.05, 4.69) is 25.2 Å². The largest absolute Gasteiger partial charge is 0.381 e. The van der Waals surface area contributed by atoms with Gasteiger partial charge in [0.1, 0.15) is 5.54 Å². The van der Waals surface area contributed by atoms with Gasteiger partial charge in [0.25, 0.3) is 0 Å². The predicted octanol–water partition coefficient (Wildman–Crippen LogP) is 4.04. The van der Waals surface area contributed by atoms with Crippen molar-refractivity contribution in [3.8, 4) is 6.07 Å². The molecule has 1 unspecified atom stereocenters. The summed E-state index contributed by atoms with van der Waals surface area (Å²) in [6, 6.07) is 2.47. The topological polar surface area (TPSA) is 45.0 Å². The minimum Gasteiger partial charge on any atom is -0.381 e. The van der Waals surface area contributed by atoms with E-state index in [9.17, 15) is 5.26 Å². The monoisotopic (exact) mass is 280 g/mol. The smallest absolute Gasteiger partial charge is 0.106 e. The van der Waals surface area contributed by atoms with Crippen LogP contribution in [0, 0.1) is 17.2 Å². The fraction of sp³-hybridized carbons (Fsp3) is 0.941. The molecule has 1 aliphatic carbocycles. The maximum absolute atomic E-state index is 9.41. The molecule has 1 aliphatic rings. The minimum atomic E-state index is -0.343. The minimum absolute atomic E-state index is 0.343. The van der Waals surface area contributed by atoms with Crippen LogP contribution < -0.4 is 5.32 Å². The van der Waals surface area contributed by atoms with Crippen molar-refractivity contribution in [3.05, 3.63) is 0 Å². The first kappa shape index (κ1) is 17.5. The molecule has 0 radical (unpaired) electrons. The first-order valence-corrected chi connectivity index (χ1v) is 8.50. The summed E-state index contributed by atoms with van der Waals surface area (Å²) in [5.74, 6) is 0.786. The molecule has 20 heavy (non-hydrogen) atoms. The van der Waals surface area contributed by atoms with Gasteiger partial charge in [-0.2, -0.15) is 5.26 Å². The van der Waals surface area contributed by atoms with Gasteiger partial charge in [0.2, 0.25) is 0 Å². The van der Waals surface area contributed by atoms with Crippen LogP contribution >= 0.6 is 0 Å². The fourth-order valence-electron chi connectivity index (χ4n) is 3.01. The molecule has 1 rings (SSSR count). The SMILES string of the molecule is CCCNC(C#N)(CC)CCCOCC1CCCCC1. The summed E-state index contributed by atoms with van der Waals surface area (Å²) in [4.78, 5) is 0. The lowest BCUT2D eigenvalue weighted by Gasteiger charge is -2.27. The second-order valence-electron chi connectivity index (χ2n) is 6.16. The first-order chi connectivity index (χ1) is 9.76. The van der Waals surface area contributed by atoms with Crippen LogP contribution in [0.4, 0.5) is 0 Å². The van der Waals surface area contributed by atoms with Crippen molar-refractivity contribution in [2.24, 2.45) is 5.92 Å². The van der Waals surface area contributed by atoms with Crippen LogP contribution in [0.1, 0.15) is 71.6 Å². The highest BCUT2D eigenvalue weighted by Crippen LogP contribution is 2.24. The van der Waals surface area contributed by atoms with E-state index in [1.807, 2.05) is 0 Å². The summed E-state index contributed by atoms with van der Waals surface area (Å²) in [6.45, 7) is 6.87. The fourth-order valence-corrected chi connectivity index (χ4v) is 3.01. The summed E-state index contributed by atoms with van der Waals surface area (Å²) in [7, 11) is 0. The van der Waals surface area contributed by atoms with E-state index in [0.717, 1.165) is 51.4 Å². The molecule has 0 amide bonds. The first-order valence-electron chi connectivity index (χ1n) is 8.50. The molecule has 0 saturated heterocycles. The van der Waals surface area contributed by atoms with Gasteiger partial charge in [-0.15, -0.1) is 0 Å². The van der Waals surface area contributed by atoms with Crippen LogP contribution in [0.3, 0.4) is 0 Å². The molecule has 1 fully saturated rings. The molecule has 3 nitrogen and oxygen atoms in total. The number of hydrogen-bond acceptors (Lipinski definition) is 3. The van der Waals surface area contributed by atoms with E-state index in [4.69, 9.17) is 4.74 Å². The lowest BCUT2D eigenvalue weighted by atomic mass is 9.90. The lowest BCUT2D eigenvalue weighted by molar-refractivity contribution is 0.0796. The molecule has 0 aliphatic heterocycles. The molecule has 0 aromatic heterocycles. The molecule has 3 heteroatoms. The average molecular weight is 280 g/mol. The van der Waals surface area contributed by atoms with Crippen molar-refractivity contribution in [2.75, 3.05) is 19.8 Å². The molecule has 0 aromatic carbocycles. The van der Waals surface area contributed by atoms with Crippen LogP contribution in [0.2, 0.25) is 0 Å². The molecule has 0 aromatic rings. The molecule has 1 N–H and O–H groups in total. The molecule has 116 valence electrons. The molecular weight excluding hydrogens is 248 g/mol. The molecule has 0 heterocycles. The molecule has 1 atom stereocenters. The van der Waals surface area contributed by atoms with Gasteiger partial charge in [-0.05, 0) is 51.0 Å². The molecule has 0 bridgehead atoms. The summed E-state index contributed by atoms with van der Waals surface area (Å²) >= 11 is 0. The second-order valence-corrected chi connectivity index (χ2v) is 6.16. The third-order valence-corrected chi connectivity index (χ3v) is 4.50. The van der Waals surface area contributed by atoms with E-state index in [0.29, 0.717) is 0 Å². The van der Waals surface area contributed by atoms with Gasteiger partial charge in [-0.25, -0.2) is 0 Å². The predicted molar refractivity (Wildman–Crippen MR) is 83.6 cm³/mol. The maximum Gasteiger partial charge on any atom is 0.106 e. The van der Waals surface area contributed by atoms with Crippen molar-refractivity contribution in [2.45, 2.75) is 77.2 Å². The van der Waals surface area contributed by atoms with Gasteiger partial charge in [0, 0.05) is 13.2 Å². The highest BCUT2D eigenvalue weighted by molar-refractivity contribution is 5.06. The van der Waals surface area contributed by atoms with E-state index >= 15 is 0 Å². The van der Waals surface area contributed by atoms with Crippen molar-refractivity contribution < 1.29 is 4.74 Å². The molecular formula is C17H32N2O. The highest BCUT2D eigenvalue weighted by atomic mass is 16.5. The van der Waals surface area contributed by atoms with E-state index in [1.54, 1.807) is 0 Å². The van der Waals surface area contributed by atoms with E-state index in [1.165, 1.54) is 32.1 Å². The Morgan fingerprint density at radius 1 is 1.25 bits per heavy atom. The number of nitrogens with one attached hydrogen (secondary N) is 1. The Labute approximate surface area is 125 Å². The van der Waals surface area contributed by atoms with Gasteiger partial charge in [-0.3, -0.25) is 5.32 Å². The Morgan fingerprint density at radius 2 is 2.00 bits per heavy atom. The highest BCUT2D eigenvalue weighted by Gasteiger charge is 2.26. The van der Waals surface area contributed by atoms with Crippen LogP contribution in [-0.2, 0) is 4.74 Å². The Bertz CT molecular complexity index is 281. The quantitative estimate of drug-likeness (QED) is 0.614. The summed E-state index contributed by atoms with van der Waals surface area (Å²) in [5.41, 5.74) is -0.343. The molecule has 0 spiro atoms. The Kier molecular flexibility index (Phi) is 8.89. The molecule has 1 saturated carbocycles. The van der Waals surface area contributed by atoms with Gasteiger partial charge in [-0.1, -0.05) is 33.1 Å². The van der Waals surface area contributed by atoms with Crippen LogP contribution in [0.15, 0.2) is 0 Å². The van der Waals surface area contributed by atoms with Crippen molar-refractivity contribution in [1.82, 2.24) is 5.32 Å². The summed E-state index contributed by atoms with van der Waals surface area (Å²) in [5, 5.41) is 12.8. The number of hydrogen-bond donors (Lipinski definition) is 1. The third-order valence-electron chi connectivity index (χ3n) is 4.50. The van der Waals surface area contributed by atoms with Crippen LogP contribution in [0.25, 0.3) is 0 Å². The van der Waals surface area contributed by atoms with Gasteiger partial charge in [0.15, 0.2) is 0 Å². The van der Waals surface area contributed by atoms with Gasteiger partial charge >= 0.3 is 0 Å². The van der Waals surface area contributed by atoms with Crippen molar-refractivity contribution in [1.29, 1.82) is 5.26 Å². The van der Waals surface area contributed by atoms with Gasteiger partial charge in [0.05, 0.1) is 6.07 Å². The van der Waals surface area contributed by atoms with E-state index in [-0.39, 0.29) is 5.54 Å². The average Bonchev–Trinajstić information content (AvgIpc) is 2.51. The zero-order chi connectivity index (χ0) is 14.7. The maximum atomic E-state index is 9.41. The lowest BCUT2D eigenvalue weighted by Crippen LogP contribution is -2.44. The third kappa shape index (κ3) is 6.24. The zero-order valence-electron chi connectivity index (χ0n) is 13.4. The van der Waals surface area contributed by atoms with Crippen molar-refractivity contribution in [3.63, 3.8) is 0 Å². The second kappa shape index (κ2) is 10.2. The van der Waals surface area contributed by atoms with Crippen LogP contribution in [0.5, 0.6) is 0 Å². The van der Waals surface area contributed by atoms with Gasteiger partial charge < -0.3 is 4.74 Å². The standard InChI is InChI=1S/C17H32N2O/c1-3-12-19-17(4-2,15-18)11-8-13-20-14-16-9-6-5-7-10-16/h16,19H,3-14H2,1-2H3. The summed E-state index contributed by atoms with van der Waals surface area (Å²) < 4.78 is 5.82.